The maximum Gasteiger partial charge on any atom is 0.416 e. The molecule has 0 aliphatic carbocycles. The molecule has 6 nitrogen and oxygen atoms in total. The number of amides is 2. The van der Waals surface area contributed by atoms with E-state index in [2.05, 4.69) is 15.7 Å². The number of benzene rings is 2. The highest BCUT2D eigenvalue weighted by Crippen LogP contribution is 2.34. The zero-order valence-electron chi connectivity index (χ0n) is 17.8. The highest BCUT2D eigenvalue weighted by molar-refractivity contribution is 6.42. The number of hydrogen-bond acceptors (Lipinski definition) is 3. The van der Waals surface area contributed by atoms with Crippen LogP contribution in [0.25, 0.3) is 5.69 Å². The van der Waals surface area contributed by atoms with Crippen molar-refractivity contribution in [2.75, 3.05) is 10.6 Å². The van der Waals surface area contributed by atoms with Gasteiger partial charge in [-0.25, -0.2) is 4.68 Å². The number of anilines is 2. The average Bonchev–Trinajstić information content (AvgIpc) is 2.98. The first kappa shape index (κ1) is 24.6. The number of rotatable bonds is 5. The second kappa shape index (κ2) is 9.44. The van der Waals surface area contributed by atoms with Gasteiger partial charge in [-0.2, -0.15) is 18.3 Å². The molecule has 0 bridgehead atoms. The third kappa shape index (κ3) is 5.66. The number of halogens is 5. The summed E-state index contributed by atoms with van der Waals surface area (Å²) in [5, 5.41) is 10.1. The molecule has 33 heavy (non-hydrogen) atoms. The Labute approximate surface area is 197 Å². The van der Waals surface area contributed by atoms with E-state index in [1.54, 1.807) is 36.7 Å². The molecule has 3 rings (SSSR count). The Morgan fingerprint density at radius 3 is 2.30 bits per heavy atom. The molecule has 1 heterocycles. The quantitative estimate of drug-likeness (QED) is 0.455. The van der Waals surface area contributed by atoms with Crippen molar-refractivity contribution in [2.45, 2.75) is 33.4 Å². The van der Waals surface area contributed by atoms with Crippen LogP contribution in [0.4, 0.5) is 24.5 Å². The summed E-state index contributed by atoms with van der Waals surface area (Å²) < 4.78 is 41.0. The van der Waals surface area contributed by atoms with Crippen molar-refractivity contribution in [1.82, 2.24) is 9.78 Å². The van der Waals surface area contributed by atoms with Crippen LogP contribution in [0, 0.1) is 13.8 Å². The number of nitrogens with one attached hydrogen (secondary N) is 2. The molecule has 0 fully saturated rings. The summed E-state index contributed by atoms with van der Waals surface area (Å²) in [6, 6.07) is 7.69. The number of carbonyl (C=O) groups is 2. The van der Waals surface area contributed by atoms with Crippen LogP contribution in [0.3, 0.4) is 0 Å². The summed E-state index contributed by atoms with van der Waals surface area (Å²) in [4.78, 5) is 24.2. The van der Waals surface area contributed by atoms with Gasteiger partial charge in [0.15, 0.2) is 0 Å². The Morgan fingerprint density at radius 1 is 1.00 bits per heavy atom. The number of aryl methyl sites for hydroxylation is 1. The standard InChI is InChI=1S/C22H19Cl2F3N4O2/c1-11-16(12(2)31(30-11)15-5-6-17(23)18(24)9-15)10-21(33)29-20-8-14(22(25,26)27)4-7-19(20)28-13(3)32/h4-9H,10H2,1-3H3,(H,28,32)(H,29,33). The highest BCUT2D eigenvalue weighted by atomic mass is 35.5. The van der Waals surface area contributed by atoms with E-state index in [-0.39, 0.29) is 17.8 Å². The lowest BCUT2D eigenvalue weighted by Gasteiger charge is -2.15. The van der Waals surface area contributed by atoms with Gasteiger partial charge in [0.05, 0.1) is 44.8 Å². The lowest BCUT2D eigenvalue weighted by molar-refractivity contribution is -0.137. The van der Waals surface area contributed by atoms with Crippen molar-refractivity contribution in [1.29, 1.82) is 0 Å². The Balaban J connectivity index is 1.89. The maximum absolute atomic E-state index is 13.1. The van der Waals surface area contributed by atoms with Gasteiger partial charge in [0, 0.05) is 18.2 Å². The van der Waals surface area contributed by atoms with E-state index in [4.69, 9.17) is 23.2 Å². The predicted octanol–water partition coefficient (Wildman–Crippen LogP) is 5.95. The summed E-state index contributed by atoms with van der Waals surface area (Å²) in [6.07, 6.45) is -4.75. The van der Waals surface area contributed by atoms with Gasteiger partial charge in [-0.3, -0.25) is 9.59 Å². The predicted molar refractivity (Wildman–Crippen MR) is 121 cm³/mol. The molecule has 0 radical (unpaired) electrons. The number of aromatic nitrogens is 2. The second-order valence-electron chi connectivity index (χ2n) is 7.32. The van der Waals surface area contributed by atoms with E-state index in [1.165, 1.54) is 6.92 Å². The molecule has 2 N–H and O–H groups in total. The van der Waals surface area contributed by atoms with E-state index in [1.807, 2.05) is 0 Å². The highest BCUT2D eigenvalue weighted by Gasteiger charge is 2.31. The van der Waals surface area contributed by atoms with E-state index in [9.17, 15) is 22.8 Å². The average molecular weight is 499 g/mol. The van der Waals surface area contributed by atoms with Crippen LogP contribution < -0.4 is 10.6 Å². The van der Waals surface area contributed by atoms with Crippen molar-refractivity contribution in [3.63, 3.8) is 0 Å². The lowest BCUT2D eigenvalue weighted by Crippen LogP contribution is -2.18. The van der Waals surface area contributed by atoms with Gasteiger partial charge in [0.25, 0.3) is 0 Å². The Morgan fingerprint density at radius 2 is 1.70 bits per heavy atom. The summed E-state index contributed by atoms with van der Waals surface area (Å²) in [5.74, 6) is -1.05. The molecule has 0 aliphatic rings. The van der Waals surface area contributed by atoms with Crippen LogP contribution in [0.15, 0.2) is 36.4 Å². The molecule has 0 saturated carbocycles. The van der Waals surface area contributed by atoms with Gasteiger partial charge in [-0.05, 0) is 50.2 Å². The lowest BCUT2D eigenvalue weighted by atomic mass is 10.1. The minimum atomic E-state index is -4.61. The minimum Gasteiger partial charge on any atom is -0.325 e. The maximum atomic E-state index is 13.1. The summed E-state index contributed by atoms with van der Waals surface area (Å²) >= 11 is 12.0. The molecule has 2 aromatic carbocycles. The molecule has 1 aromatic heterocycles. The molecule has 0 saturated heterocycles. The third-order valence-corrected chi connectivity index (χ3v) is 5.60. The molecular formula is C22H19Cl2F3N4O2. The van der Waals surface area contributed by atoms with Crippen molar-refractivity contribution in [2.24, 2.45) is 0 Å². The van der Waals surface area contributed by atoms with E-state index < -0.39 is 23.6 Å². The fourth-order valence-corrected chi connectivity index (χ4v) is 3.57. The number of hydrogen-bond donors (Lipinski definition) is 2. The summed E-state index contributed by atoms with van der Waals surface area (Å²) in [7, 11) is 0. The van der Waals surface area contributed by atoms with Gasteiger partial charge in [0.1, 0.15) is 0 Å². The van der Waals surface area contributed by atoms with Crippen LogP contribution in [-0.2, 0) is 22.2 Å². The van der Waals surface area contributed by atoms with Crippen LogP contribution >= 0.6 is 23.2 Å². The van der Waals surface area contributed by atoms with Crippen LogP contribution in [-0.4, -0.2) is 21.6 Å². The first-order valence-electron chi connectivity index (χ1n) is 9.66. The molecule has 2 amide bonds. The Hall–Kier alpha value is -3.04. The van der Waals surface area contributed by atoms with Crippen molar-refractivity contribution in [3.8, 4) is 5.69 Å². The molecule has 0 aliphatic heterocycles. The van der Waals surface area contributed by atoms with Crippen LogP contribution in [0.5, 0.6) is 0 Å². The summed E-state index contributed by atoms with van der Waals surface area (Å²) in [5.41, 5.74) is 1.42. The van der Waals surface area contributed by atoms with E-state index in [0.717, 1.165) is 18.2 Å². The third-order valence-electron chi connectivity index (χ3n) is 4.86. The Kier molecular flexibility index (Phi) is 7.04. The van der Waals surface area contributed by atoms with E-state index >= 15 is 0 Å². The number of nitrogens with zero attached hydrogens (tertiary/aromatic N) is 2. The molecule has 0 unspecified atom stereocenters. The van der Waals surface area contributed by atoms with Crippen molar-refractivity contribution >= 4 is 46.4 Å². The first-order chi connectivity index (χ1) is 15.4. The molecule has 3 aromatic rings. The normalized spacial score (nSPS) is 11.4. The minimum absolute atomic E-state index is 0.0591. The zero-order chi connectivity index (χ0) is 24.5. The second-order valence-corrected chi connectivity index (χ2v) is 8.14. The van der Waals surface area contributed by atoms with Gasteiger partial charge in [0.2, 0.25) is 11.8 Å². The zero-order valence-corrected chi connectivity index (χ0v) is 19.3. The van der Waals surface area contributed by atoms with Crippen molar-refractivity contribution < 1.29 is 22.8 Å². The molecule has 0 atom stereocenters. The topological polar surface area (TPSA) is 76.0 Å². The SMILES string of the molecule is CC(=O)Nc1ccc(C(F)(F)F)cc1NC(=O)Cc1c(C)nn(-c2ccc(Cl)c(Cl)c2)c1C. The molecule has 174 valence electrons. The van der Waals surface area contributed by atoms with Gasteiger partial charge in [-0.15, -0.1) is 0 Å². The van der Waals surface area contributed by atoms with E-state index in [0.29, 0.717) is 32.7 Å². The fraction of sp³-hybridized carbons (Fsp3) is 0.227. The monoisotopic (exact) mass is 498 g/mol. The Bertz CT molecular complexity index is 1240. The largest absolute Gasteiger partial charge is 0.416 e. The van der Waals surface area contributed by atoms with Crippen molar-refractivity contribution in [3.05, 3.63) is 69.0 Å². The van der Waals surface area contributed by atoms with Crippen LogP contribution in [0.2, 0.25) is 10.0 Å². The molecular weight excluding hydrogens is 480 g/mol. The smallest absolute Gasteiger partial charge is 0.325 e. The summed E-state index contributed by atoms with van der Waals surface area (Å²) in [6.45, 7) is 4.70. The number of alkyl halides is 3. The molecule has 11 heteroatoms. The first-order valence-corrected chi connectivity index (χ1v) is 10.4. The number of carbonyl (C=O) groups excluding carboxylic acids is 2. The molecule has 0 spiro atoms. The van der Waals surface area contributed by atoms with Crippen LogP contribution in [0.1, 0.15) is 29.4 Å². The van der Waals surface area contributed by atoms with Gasteiger partial charge in [-0.1, -0.05) is 23.2 Å². The fourth-order valence-electron chi connectivity index (χ4n) is 3.28. The van der Waals surface area contributed by atoms with Gasteiger partial charge >= 0.3 is 6.18 Å². The van der Waals surface area contributed by atoms with Gasteiger partial charge < -0.3 is 10.6 Å².